The minimum atomic E-state index is -1.12. The number of fused-ring (bicyclic) bond motifs is 1. The van der Waals surface area contributed by atoms with E-state index in [0.29, 0.717) is 55.1 Å². The molecule has 1 unspecified atom stereocenters. The largest absolute Gasteiger partial charge is 0.477 e. The molecular weight excluding hydrogens is 533 g/mol. The first kappa shape index (κ1) is 28.3. The molecule has 1 aromatic heterocycles. The number of carbonyl (C=O) groups is 3. The van der Waals surface area contributed by atoms with Crippen LogP contribution >= 0.6 is 11.6 Å². The first-order chi connectivity index (χ1) is 19.2. The van der Waals surface area contributed by atoms with Gasteiger partial charge in [-0.3, -0.25) is 9.59 Å². The molecule has 2 aliphatic rings. The van der Waals surface area contributed by atoms with Gasteiger partial charge < -0.3 is 20.3 Å². The highest BCUT2D eigenvalue weighted by atomic mass is 35.5. The van der Waals surface area contributed by atoms with Gasteiger partial charge in [-0.25, -0.2) is 9.18 Å². The Bertz CT molecular complexity index is 1420. The second-order valence-electron chi connectivity index (χ2n) is 11.2. The van der Waals surface area contributed by atoms with E-state index in [9.17, 15) is 23.9 Å². The van der Waals surface area contributed by atoms with Gasteiger partial charge in [0.05, 0.1) is 11.1 Å². The molecule has 2 heterocycles. The molecule has 1 amide bonds. The van der Waals surface area contributed by atoms with Crippen molar-refractivity contribution in [2.75, 3.05) is 13.2 Å². The van der Waals surface area contributed by atoms with Gasteiger partial charge in [0.2, 0.25) is 5.91 Å². The molecular formula is C31H35ClFN3O4. The van der Waals surface area contributed by atoms with E-state index in [4.69, 9.17) is 17.3 Å². The van der Waals surface area contributed by atoms with Crippen LogP contribution in [0.1, 0.15) is 59.6 Å². The molecule has 2 aromatic carbocycles. The van der Waals surface area contributed by atoms with Crippen LogP contribution in [0.2, 0.25) is 5.02 Å². The summed E-state index contributed by atoms with van der Waals surface area (Å²) in [6, 6.07) is 14.1. The standard InChI is InChI=1S/C31H35ClFN3O4/c1-35-25-12-7-18(15-23(25)27(32)29(35)31(39)40)16-26(37)28-22(19-5-3-2-4-6-19)13-14-36(28)30(38)21-10-8-20(9-11-21)24(34)17-33/h2-7,12,15,20-22,24,28H,8-11,13-14,16-17,34H2,1H3,(H,39,40)/t20?,21?,22-,24?,28+/m1/s1. The van der Waals surface area contributed by atoms with Crippen LogP contribution in [0.5, 0.6) is 0 Å². The van der Waals surface area contributed by atoms with Crippen LogP contribution in [0.4, 0.5) is 4.39 Å². The Hall–Kier alpha value is -3.23. The number of halogens is 2. The fraction of sp³-hybridized carbons (Fsp3) is 0.452. The van der Waals surface area contributed by atoms with Gasteiger partial charge in [0.15, 0.2) is 5.78 Å². The lowest BCUT2D eigenvalue weighted by atomic mass is 9.78. The molecule has 3 aromatic rings. The molecule has 0 spiro atoms. The number of aromatic nitrogens is 1. The number of aryl methyl sites for hydroxylation is 1. The normalized spacial score (nSPS) is 23.9. The molecule has 1 saturated carbocycles. The Morgan fingerprint density at radius 2 is 1.77 bits per heavy atom. The molecule has 40 heavy (non-hydrogen) atoms. The molecule has 1 saturated heterocycles. The number of carboxylic acids is 1. The number of nitrogens with zero attached hydrogens (tertiary/aromatic N) is 2. The van der Waals surface area contributed by atoms with Crippen molar-refractivity contribution in [1.82, 2.24) is 9.47 Å². The summed E-state index contributed by atoms with van der Waals surface area (Å²) >= 11 is 6.42. The fourth-order valence-corrected chi connectivity index (χ4v) is 7.10. The third-order valence-electron chi connectivity index (χ3n) is 8.93. The maximum absolute atomic E-state index is 14.0. The van der Waals surface area contributed by atoms with Crippen LogP contribution in [0, 0.1) is 11.8 Å². The first-order valence-corrected chi connectivity index (χ1v) is 14.3. The molecule has 5 rings (SSSR count). The summed E-state index contributed by atoms with van der Waals surface area (Å²) < 4.78 is 14.6. The van der Waals surface area contributed by atoms with Crippen LogP contribution in [-0.4, -0.2) is 57.5 Å². The SMILES string of the molecule is Cn1c(C(=O)O)c(Cl)c2cc(CC(=O)[C@@H]3[C@@H](c4ccccc4)CCN3C(=O)C3CCC(C(N)CF)CC3)ccc21. The summed E-state index contributed by atoms with van der Waals surface area (Å²) in [7, 11) is 1.65. The number of hydrogen-bond donors (Lipinski definition) is 2. The van der Waals surface area contributed by atoms with Crippen LogP contribution in [0.3, 0.4) is 0 Å². The van der Waals surface area contributed by atoms with E-state index in [0.717, 1.165) is 5.56 Å². The van der Waals surface area contributed by atoms with Gasteiger partial charge in [0.1, 0.15) is 12.4 Å². The smallest absolute Gasteiger partial charge is 0.354 e. The molecule has 2 fully saturated rings. The van der Waals surface area contributed by atoms with Gasteiger partial charge in [-0.15, -0.1) is 0 Å². The van der Waals surface area contributed by atoms with E-state index in [-0.39, 0.29) is 46.6 Å². The number of Topliss-reactive ketones (excluding diaryl/α,β-unsaturated/α-hetero) is 1. The molecule has 0 radical (unpaired) electrons. The Morgan fingerprint density at radius 1 is 1.07 bits per heavy atom. The quantitative estimate of drug-likeness (QED) is 0.392. The van der Waals surface area contributed by atoms with Crippen molar-refractivity contribution in [3.05, 3.63) is 70.4 Å². The zero-order valence-corrected chi connectivity index (χ0v) is 23.3. The van der Waals surface area contributed by atoms with Gasteiger partial charge in [0.25, 0.3) is 0 Å². The summed E-state index contributed by atoms with van der Waals surface area (Å²) in [4.78, 5) is 41.3. The molecule has 3 N–H and O–H groups in total. The predicted molar refractivity (Wildman–Crippen MR) is 152 cm³/mol. The lowest BCUT2D eigenvalue weighted by Gasteiger charge is -2.35. The van der Waals surface area contributed by atoms with Crippen molar-refractivity contribution >= 4 is 40.2 Å². The van der Waals surface area contributed by atoms with Crippen LogP contribution in [0.15, 0.2) is 48.5 Å². The van der Waals surface area contributed by atoms with Crippen molar-refractivity contribution in [3.63, 3.8) is 0 Å². The van der Waals surface area contributed by atoms with Crippen LogP contribution < -0.4 is 5.73 Å². The highest BCUT2D eigenvalue weighted by molar-refractivity contribution is 6.38. The fourth-order valence-electron chi connectivity index (χ4n) is 6.74. The number of rotatable bonds is 8. The van der Waals surface area contributed by atoms with E-state index in [1.807, 2.05) is 36.4 Å². The second kappa shape index (κ2) is 11.7. The Balaban J connectivity index is 1.40. The average Bonchev–Trinajstić information content (AvgIpc) is 3.52. The molecule has 7 nitrogen and oxygen atoms in total. The Morgan fingerprint density at radius 3 is 2.42 bits per heavy atom. The number of likely N-dealkylation sites (tertiary alicyclic amines) is 1. The number of alkyl halides is 1. The number of benzene rings is 2. The number of carboxylic acid groups (broad SMARTS) is 1. The van der Waals surface area contributed by atoms with Crippen LogP contribution in [0.25, 0.3) is 10.9 Å². The summed E-state index contributed by atoms with van der Waals surface area (Å²) in [5, 5.41) is 10.3. The Kier molecular flexibility index (Phi) is 8.29. The predicted octanol–water partition coefficient (Wildman–Crippen LogP) is 5.13. The van der Waals surface area contributed by atoms with E-state index in [2.05, 4.69) is 0 Å². The zero-order chi connectivity index (χ0) is 28.6. The number of nitrogens with two attached hydrogens (primary N) is 1. The van der Waals surface area contributed by atoms with Gasteiger partial charge in [-0.05, 0) is 61.3 Å². The molecule has 1 aliphatic carbocycles. The van der Waals surface area contributed by atoms with E-state index in [1.54, 1.807) is 24.1 Å². The summed E-state index contributed by atoms with van der Waals surface area (Å²) in [5.74, 6) is -1.40. The van der Waals surface area contributed by atoms with Crippen molar-refractivity contribution in [3.8, 4) is 0 Å². The zero-order valence-electron chi connectivity index (χ0n) is 22.6. The third kappa shape index (κ3) is 5.27. The first-order valence-electron chi connectivity index (χ1n) is 13.9. The van der Waals surface area contributed by atoms with Crippen molar-refractivity contribution in [2.45, 2.75) is 56.5 Å². The molecule has 9 heteroatoms. The summed E-state index contributed by atoms with van der Waals surface area (Å²) in [5.41, 5.74) is 8.34. The molecule has 212 valence electrons. The molecule has 3 atom stereocenters. The number of hydrogen-bond acceptors (Lipinski definition) is 4. The number of ketones is 1. The minimum Gasteiger partial charge on any atom is -0.477 e. The van der Waals surface area contributed by atoms with Gasteiger partial charge in [0, 0.05) is 48.8 Å². The van der Waals surface area contributed by atoms with E-state index >= 15 is 0 Å². The maximum Gasteiger partial charge on any atom is 0.354 e. The third-order valence-corrected chi connectivity index (χ3v) is 9.31. The molecule has 0 bridgehead atoms. The lowest BCUT2D eigenvalue weighted by Crippen LogP contribution is -2.47. The summed E-state index contributed by atoms with van der Waals surface area (Å²) in [6.45, 7) is -0.0490. The Labute approximate surface area is 238 Å². The van der Waals surface area contributed by atoms with Gasteiger partial charge in [-0.2, -0.15) is 0 Å². The number of aromatic carboxylic acids is 1. The highest BCUT2D eigenvalue weighted by Gasteiger charge is 2.44. The average molecular weight is 568 g/mol. The minimum absolute atomic E-state index is 0.000888. The second-order valence-corrected chi connectivity index (χ2v) is 11.6. The van der Waals surface area contributed by atoms with Gasteiger partial charge in [-0.1, -0.05) is 48.0 Å². The highest BCUT2D eigenvalue weighted by Crippen LogP contribution is 2.39. The monoisotopic (exact) mass is 567 g/mol. The maximum atomic E-state index is 14.0. The molecule has 1 aliphatic heterocycles. The summed E-state index contributed by atoms with van der Waals surface area (Å²) in [6.07, 6.45) is 3.52. The van der Waals surface area contributed by atoms with E-state index in [1.165, 1.54) is 4.57 Å². The van der Waals surface area contributed by atoms with Gasteiger partial charge >= 0.3 is 5.97 Å². The number of amides is 1. The van der Waals surface area contributed by atoms with Crippen molar-refractivity contribution in [1.29, 1.82) is 0 Å². The van der Waals surface area contributed by atoms with Crippen LogP contribution in [-0.2, 0) is 23.1 Å². The van der Waals surface area contributed by atoms with E-state index < -0.39 is 24.7 Å². The van der Waals surface area contributed by atoms with Crippen molar-refractivity contribution < 1.29 is 23.9 Å². The van der Waals surface area contributed by atoms with Crippen molar-refractivity contribution in [2.24, 2.45) is 24.6 Å². The topological polar surface area (TPSA) is 106 Å². The number of carbonyl (C=O) groups excluding carboxylic acids is 2. The lowest BCUT2D eigenvalue weighted by molar-refractivity contribution is -0.142.